The van der Waals surface area contributed by atoms with E-state index in [0.717, 1.165) is 0 Å². The van der Waals surface area contributed by atoms with Crippen LogP contribution < -0.4 is 0 Å². The normalized spacial score (nSPS) is 8.33. The molecule has 3 heteroatoms. The van der Waals surface area contributed by atoms with Gasteiger partial charge in [-0.1, -0.05) is 12.2 Å². The van der Waals surface area contributed by atoms with Gasteiger partial charge in [-0.25, -0.2) is 0 Å². The van der Waals surface area contributed by atoms with Crippen molar-refractivity contribution in [2.45, 2.75) is 0 Å². The fourth-order valence-electron chi connectivity index (χ4n) is 0.123. The predicted octanol–water partition coefficient (Wildman–Crippen LogP) is 0.890. The summed E-state index contributed by atoms with van der Waals surface area (Å²) in [7, 11) is 1.59. The lowest BCUT2D eigenvalue weighted by molar-refractivity contribution is 0.249. The maximum atomic E-state index is 4.59. The van der Waals surface area contributed by atoms with E-state index in [4.69, 9.17) is 0 Å². The molecule has 0 saturated heterocycles. The molecule has 0 aliphatic carbocycles. The van der Waals surface area contributed by atoms with E-state index < -0.39 is 0 Å². The average molecular weight is 122 g/mol. The molecular weight excluding hydrogens is 116 g/mol. The van der Waals surface area contributed by atoms with Gasteiger partial charge in [0.15, 0.2) is 0 Å². The van der Waals surface area contributed by atoms with Crippen LogP contribution in [0.1, 0.15) is 0 Å². The molecule has 0 aliphatic heterocycles. The van der Waals surface area contributed by atoms with Crippen LogP contribution in [0.25, 0.3) is 0 Å². The zero-order valence-electron chi connectivity index (χ0n) is 3.47. The highest BCUT2D eigenvalue weighted by Crippen LogP contribution is 1.81. The minimum Gasteiger partial charge on any atom is -0.379 e. The van der Waals surface area contributed by atoms with Gasteiger partial charge in [-0.2, -0.15) is 0 Å². The molecule has 0 N–H and O–H groups in total. The Morgan fingerprint density at radius 3 is 2.50 bits per heavy atom. The van der Waals surface area contributed by atoms with E-state index >= 15 is 0 Å². The first-order valence-corrected chi connectivity index (χ1v) is 2.33. The van der Waals surface area contributed by atoms with E-state index in [-0.39, 0.29) is 0 Å². The van der Waals surface area contributed by atoms with Crippen LogP contribution in [0.2, 0.25) is 0 Å². The minimum absolute atomic E-state index is 0.471. The van der Waals surface area contributed by atoms with Crippen molar-refractivity contribution in [2.24, 2.45) is 0 Å². The molecule has 0 aromatic heterocycles. The first-order valence-electron chi connectivity index (χ1n) is 1.48. The molecule has 1 nitrogen and oxygen atoms in total. The summed E-state index contributed by atoms with van der Waals surface area (Å²) in [5, 5.41) is 0. The number of ether oxygens (including phenoxy) is 1. The molecule has 0 amide bonds. The van der Waals surface area contributed by atoms with Gasteiger partial charge in [0.05, 0.1) is 10.8 Å². The van der Waals surface area contributed by atoms with Crippen LogP contribution in [0.5, 0.6) is 0 Å². The first-order chi connectivity index (χ1) is 2.77. The fourth-order valence-corrected chi connectivity index (χ4v) is 0.370. The summed E-state index contributed by atoms with van der Waals surface area (Å²) in [6.07, 6.45) is 0. The van der Waals surface area contributed by atoms with Crippen LogP contribution in [-0.2, 0) is 4.74 Å². The maximum Gasteiger partial charge on any atom is 0.0871 e. The third-order valence-electron chi connectivity index (χ3n) is 0.268. The Bertz CT molecular complexity index is 52.8. The third-order valence-corrected chi connectivity index (χ3v) is 0.515. The number of methoxy groups -OCH3 is 1. The number of rotatable bonds is 2. The summed E-state index contributed by atoms with van der Waals surface area (Å²) in [5.41, 5.74) is 0. The van der Waals surface area contributed by atoms with Crippen LogP contribution in [0.4, 0.5) is 0 Å². The summed E-state index contributed by atoms with van der Waals surface area (Å²) >= 11 is 8.32. The van der Waals surface area contributed by atoms with E-state index in [9.17, 15) is 0 Å². The van der Waals surface area contributed by atoms with Crippen LogP contribution >= 0.6 is 24.8 Å². The maximum absolute atomic E-state index is 4.59. The summed E-state index contributed by atoms with van der Waals surface area (Å²) in [6, 6.07) is 0. The highest BCUT2D eigenvalue weighted by atomic mass is 32.1. The second-order valence-corrected chi connectivity index (χ2v) is 2.16. The molecule has 0 aromatic rings. The summed E-state index contributed by atoms with van der Waals surface area (Å²) in [4.78, 5) is 0. The Balaban J connectivity index is 2.83. The topological polar surface area (TPSA) is 9.23 Å². The Morgan fingerprint density at radius 1 is 2.00 bits per heavy atom. The van der Waals surface area contributed by atoms with Crippen molar-refractivity contribution in [1.29, 1.82) is 0 Å². The van der Waals surface area contributed by atoms with E-state index in [1.165, 1.54) is 0 Å². The molecule has 0 spiro atoms. The first kappa shape index (κ1) is 6.40. The lowest BCUT2D eigenvalue weighted by Gasteiger charge is -1.87. The molecule has 0 rings (SSSR count). The van der Waals surface area contributed by atoms with Gasteiger partial charge < -0.3 is 4.74 Å². The van der Waals surface area contributed by atoms with Crippen LogP contribution in [0.3, 0.4) is 0 Å². The molecule has 6 heavy (non-hydrogen) atoms. The summed E-state index contributed by atoms with van der Waals surface area (Å²) < 4.78 is 5.18. The molecular formula is C3H6OS2. The van der Waals surface area contributed by atoms with Gasteiger partial charge in [-0.3, -0.25) is 0 Å². The predicted molar refractivity (Wildman–Crippen MR) is 33.5 cm³/mol. The van der Waals surface area contributed by atoms with Gasteiger partial charge in [0.25, 0.3) is 0 Å². The van der Waals surface area contributed by atoms with E-state index in [1.807, 2.05) is 0 Å². The quantitative estimate of drug-likeness (QED) is 0.430. The second kappa shape index (κ2) is 3.59. The number of thiocarbonyl (C=S) groups is 1. The standard InChI is InChI=1S/C3H6OS2/c1-4-2-3(5)6/h2H2,1H3,(H,5,6). The fraction of sp³-hybridized carbons (Fsp3) is 0.667. The Kier molecular flexibility index (Phi) is 3.82. The lowest BCUT2D eigenvalue weighted by Crippen LogP contribution is -1.92. The second-order valence-electron chi connectivity index (χ2n) is 0.827. The van der Waals surface area contributed by atoms with Gasteiger partial charge in [0.1, 0.15) is 0 Å². The zero-order valence-corrected chi connectivity index (χ0v) is 5.18. The van der Waals surface area contributed by atoms with Crippen molar-refractivity contribution in [2.75, 3.05) is 13.7 Å². The summed E-state index contributed by atoms with van der Waals surface area (Å²) in [6.45, 7) is 0.471. The molecule has 0 radical (unpaired) electrons. The van der Waals surface area contributed by atoms with Crippen molar-refractivity contribution < 1.29 is 4.74 Å². The highest BCUT2D eigenvalue weighted by Gasteiger charge is 1.79. The summed E-state index contributed by atoms with van der Waals surface area (Å²) in [5.74, 6) is 0. The number of hydrogen-bond acceptors (Lipinski definition) is 2. The van der Waals surface area contributed by atoms with E-state index in [1.54, 1.807) is 7.11 Å². The Hall–Kier alpha value is 0.400. The highest BCUT2D eigenvalue weighted by molar-refractivity contribution is 8.11. The number of thiol groups is 1. The molecule has 36 valence electrons. The zero-order chi connectivity index (χ0) is 4.99. The Morgan fingerprint density at radius 2 is 2.50 bits per heavy atom. The Labute approximate surface area is 48.1 Å². The van der Waals surface area contributed by atoms with E-state index in [2.05, 4.69) is 29.6 Å². The molecule has 0 saturated carbocycles. The smallest absolute Gasteiger partial charge is 0.0871 e. The lowest BCUT2D eigenvalue weighted by atomic mass is 10.9. The van der Waals surface area contributed by atoms with Crippen molar-refractivity contribution in [3.8, 4) is 0 Å². The van der Waals surface area contributed by atoms with Crippen molar-refractivity contribution in [1.82, 2.24) is 0 Å². The van der Waals surface area contributed by atoms with Crippen LogP contribution in [-0.4, -0.2) is 17.9 Å². The SMILES string of the molecule is COCC(=S)S. The molecule has 0 aliphatic rings. The van der Waals surface area contributed by atoms with Crippen molar-refractivity contribution in [3.05, 3.63) is 0 Å². The molecule has 0 heterocycles. The monoisotopic (exact) mass is 122 g/mol. The average Bonchev–Trinajstić information content (AvgIpc) is 1.35. The van der Waals surface area contributed by atoms with Crippen LogP contribution in [0.15, 0.2) is 0 Å². The van der Waals surface area contributed by atoms with Crippen molar-refractivity contribution in [3.63, 3.8) is 0 Å². The van der Waals surface area contributed by atoms with Gasteiger partial charge in [-0.05, 0) is 0 Å². The van der Waals surface area contributed by atoms with Crippen molar-refractivity contribution >= 4 is 29.0 Å². The van der Waals surface area contributed by atoms with Gasteiger partial charge >= 0.3 is 0 Å². The minimum atomic E-state index is 0.471. The molecule has 0 atom stereocenters. The molecule has 0 fully saturated rings. The van der Waals surface area contributed by atoms with Gasteiger partial charge in [-0.15, -0.1) is 12.6 Å². The number of hydrogen-bond donors (Lipinski definition) is 1. The molecule has 0 unspecified atom stereocenters. The van der Waals surface area contributed by atoms with E-state index in [0.29, 0.717) is 10.8 Å². The molecule has 0 bridgehead atoms. The largest absolute Gasteiger partial charge is 0.379 e. The molecule has 0 aromatic carbocycles. The van der Waals surface area contributed by atoms with Crippen LogP contribution in [0, 0.1) is 0 Å². The van der Waals surface area contributed by atoms with Gasteiger partial charge in [0, 0.05) is 7.11 Å². The van der Waals surface area contributed by atoms with Gasteiger partial charge in [0.2, 0.25) is 0 Å². The third kappa shape index (κ3) is 4.40.